The SMILES string of the molecule is CC(C)[C@H](NC(=O)OCC1CCCCC1)C(=O)N[C@@H](CC1CCCCC1)C(=O)C(=O)NOCC1CCCCC1. The van der Waals surface area contributed by atoms with Crippen LogP contribution in [0.15, 0.2) is 0 Å². The summed E-state index contributed by atoms with van der Waals surface area (Å²) in [5, 5.41) is 5.50. The van der Waals surface area contributed by atoms with Crippen molar-refractivity contribution < 1.29 is 28.8 Å². The second kappa shape index (κ2) is 16.8. The van der Waals surface area contributed by atoms with E-state index in [2.05, 4.69) is 16.1 Å². The Hall–Kier alpha value is -2.16. The number of hydroxylamine groups is 1. The number of amides is 3. The molecule has 3 aliphatic rings. The molecule has 3 rings (SSSR count). The van der Waals surface area contributed by atoms with Crippen molar-refractivity contribution in [3.63, 3.8) is 0 Å². The summed E-state index contributed by atoms with van der Waals surface area (Å²) in [5.74, 6) is -1.24. The standard InChI is InChI=1S/C30H51N3O6/c1-21(2)26(32-30(37)38-19-23-14-8-4-9-15-23)28(35)31-25(18-22-12-6-3-7-13-22)27(34)29(36)33-39-20-24-16-10-5-11-17-24/h21-26H,3-20H2,1-2H3,(H,31,35)(H,32,37)(H,33,36)/t25-,26-/m0/s1. The predicted octanol–water partition coefficient (Wildman–Crippen LogP) is 4.97. The van der Waals surface area contributed by atoms with Crippen LogP contribution in [0.2, 0.25) is 0 Å². The largest absolute Gasteiger partial charge is 0.449 e. The van der Waals surface area contributed by atoms with Crippen LogP contribution in [0, 0.1) is 23.7 Å². The highest BCUT2D eigenvalue weighted by Gasteiger charge is 2.34. The summed E-state index contributed by atoms with van der Waals surface area (Å²) in [7, 11) is 0. The van der Waals surface area contributed by atoms with E-state index < -0.39 is 35.8 Å². The lowest BCUT2D eigenvalue weighted by Gasteiger charge is -2.29. The molecule has 9 nitrogen and oxygen atoms in total. The van der Waals surface area contributed by atoms with Crippen LogP contribution in [-0.4, -0.2) is 49.0 Å². The number of hydrogen-bond acceptors (Lipinski definition) is 6. The number of alkyl carbamates (subject to hydrolysis) is 1. The summed E-state index contributed by atoms with van der Waals surface area (Å²) in [4.78, 5) is 57.2. The van der Waals surface area contributed by atoms with Crippen molar-refractivity contribution >= 4 is 23.7 Å². The molecule has 0 heterocycles. The highest BCUT2D eigenvalue weighted by molar-refractivity contribution is 6.38. The molecule has 0 bridgehead atoms. The third-order valence-electron chi connectivity index (χ3n) is 8.76. The zero-order valence-corrected chi connectivity index (χ0v) is 24.1. The molecule has 9 heteroatoms. The molecule has 0 saturated heterocycles. The first-order valence-electron chi connectivity index (χ1n) is 15.5. The summed E-state index contributed by atoms with van der Waals surface area (Å²) in [6.45, 7) is 4.40. The maximum Gasteiger partial charge on any atom is 0.407 e. The summed E-state index contributed by atoms with van der Waals surface area (Å²) < 4.78 is 5.44. The Kier molecular flexibility index (Phi) is 13.5. The van der Waals surface area contributed by atoms with Gasteiger partial charge in [-0.3, -0.25) is 19.2 Å². The molecule has 2 atom stereocenters. The molecule has 0 aromatic heterocycles. The van der Waals surface area contributed by atoms with Gasteiger partial charge in [-0.2, -0.15) is 0 Å². The lowest BCUT2D eigenvalue weighted by molar-refractivity contribution is -0.148. The number of nitrogens with one attached hydrogen (secondary N) is 3. The van der Waals surface area contributed by atoms with Crippen molar-refractivity contribution in [3.8, 4) is 0 Å². The molecule has 3 N–H and O–H groups in total. The molecule has 39 heavy (non-hydrogen) atoms. The van der Waals surface area contributed by atoms with E-state index in [0.717, 1.165) is 77.0 Å². The maximum atomic E-state index is 13.3. The molecule has 0 aliphatic heterocycles. The highest BCUT2D eigenvalue weighted by atomic mass is 16.7. The summed E-state index contributed by atoms with van der Waals surface area (Å²) in [5.41, 5.74) is 2.32. The molecule has 3 aliphatic carbocycles. The van der Waals surface area contributed by atoms with Gasteiger partial charge in [0.2, 0.25) is 11.7 Å². The van der Waals surface area contributed by atoms with Gasteiger partial charge in [-0.15, -0.1) is 0 Å². The van der Waals surface area contributed by atoms with Crippen LogP contribution in [0.3, 0.4) is 0 Å². The zero-order valence-electron chi connectivity index (χ0n) is 24.1. The van der Waals surface area contributed by atoms with Gasteiger partial charge >= 0.3 is 12.0 Å². The molecule has 0 spiro atoms. The van der Waals surface area contributed by atoms with Crippen LogP contribution in [0.1, 0.15) is 117 Å². The molecule has 3 amide bonds. The minimum absolute atomic E-state index is 0.231. The Morgan fingerprint density at radius 1 is 0.692 bits per heavy atom. The van der Waals surface area contributed by atoms with Crippen LogP contribution in [-0.2, 0) is 24.0 Å². The van der Waals surface area contributed by atoms with Gasteiger partial charge in [0.15, 0.2) is 0 Å². The van der Waals surface area contributed by atoms with Crippen LogP contribution in [0.5, 0.6) is 0 Å². The number of carbonyl (C=O) groups excluding carboxylic acids is 4. The second-order valence-electron chi connectivity index (χ2n) is 12.4. The van der Waals surface area contributed by atoms with Gasteiger partial charge in [-0.1, -0.05) is 84.5 Å². The van der Waals surface area contributed by atoms with E-state index in [1.165, 1.54) is 19.3 Å². The quantitative estimate of drug-likeness (QED) is 0.220. The number of Topliss-reactive ketones (excluding diaryl/α,β-unsaturated/α-hetero) is 1. The smallest absolute Gasteiger partial charge is 0.407 e. The third-order valence-corrected chi connectivity index (χ3v) is 8.76. The topological polar surface area (TPSA) is 123 Å². The number of rotatable bonds is 13. The molecule has 0 aromatic rings. The van der Waals surface area contributed by atoms with E-state index in [4.69, 9.17) is 9.57 Å². The fraction of sp³-hybridized carbons (Fsp3) is 0.867. The van der Waals surface area contributed by atoms with Crippen molar-refractivity contribution in [2.45, 2.75) is 129 Å². The second-order valence-corrected chi connectivity index (χ2v) is 12.4. The molecule has 0 radical (unpaired) electrons. The van der Waals surface area contributed by atoms with Gasteiger partial charge in [0.25, 0.3) is 0 Å². The Balaban J connectivity index is 1.55. The van der Waals surface area contributed by atoms with E-state index in [1.807, 2.05) is 13.8 Å². The third kappa shape index (κ3) is 11.1. The van der Waals surface area contributed by atoms with Gasteiger partial charge in [-0.25, -0.2) is 10.3 Å². The summed E-state index contributed by atoms with van der Waals surface area (Å²) in [6.07, 6.45) is 16.4. The Bertz CT molecular complexity index is 786. The van der Waals surface area contributed by atoms with Crippen molar-refractivity contribution in [2.24, 2.45) is 23.7 Å². The molecule has 0 unspecified atom stereocenters. The normalized spacial score (nSPS) is 21.1. The lowest BCUT2D eigenvalue weighted by atomic mass is 9.83. The summed E-state index contributed by atoms with van der Waals surface area (Å²) in [6, 6.07) is -1.85. The minimum atomic E-state index is -0.972. The van der Waals surface area contributed by atoms with Gasteiger partial charge < -0.3 is 15.4 Å². The first-order valence-corrected chi connectivity index (χ1v) is 15.5. The monoisotopic (exact) mass is 549 g/mol. The lowest BCUT2D eigenvalue weighted by Crippen LogP contribution is -2.56. The van der Waals surface area contributed by atoms with Crippen molar-refractivity contribution in [1.82, 2.24) is 16.1 Å². The Morgan fingerprint density at radius 2 is 1.21 bits per heavy atom. The average molecular weight is 550 g/mol. The minimum Gasteiger partial charge on any atom is -0.449 e. The van der Waals surface area contributed by atoms with Crippen LogP contribution in [0.25, 0.3) is 0 Å². The predicted molar refractivity (Wildman–Crippen MR) is 148 cm³/mol. The van der Waals surface area contributed by atoms with Crippen molar-refractivity contribution in [3.05, 3.63) is 0 Å². The van der Waals surface area contributed by atoms with Crippen molar-refractivity contribution in [1.29, 1.82) is 0 Å². The average Bonchev–Trinajstić information content (AvgIpc) is 2.95. The number of ketones is 1. The van der Waals surface area contributed by atoms with E-state index >= 15 is 0 Å². The maximum absolute atomic E-state index is 13.3. The number of ether oxygens (including phenoxy) is 1. The Morgan fingerprint density at radius 3 is 1.74 bits per heavy atom. The molecule has 3 saturated carbocycles. The molecular formula is C30H51N3O6. The van der Waals surface area contributed by atoms with E-state index in [1.54, 1.807) is 0 Å². The van der Waals surface area contributed by atoms with Crippen LogP contribution in [0.4, 0.5) is 4.79 Å². The van der Waals surface area contributed by atoms with E-state index in [9.17, 15) is 19.2 Å². The summed E-state index contributed by atoms with van der Waals surface area (Å²) >= 11 is 0. The first kappa shape index (κ1) is 31.4. The van der Waals surface area contributed by atoms with Gasteiger partial charge in [0, 0.05) is 0 Å². The molecule has 3 fully saturated rings. The van der Waals surface area contributed by atoms with Gasteiger partial charge in [-0.05, 0) is 55.8 Å². The number of hydrogen-bond donors (Lipinski definition) is 3. The Labute approximate surface area is 234 Å². The zero-order chi connectivity index (χ0) is 28.0. The fourth-order valence-electron chi connectivity index (χ4n) is 6.29. The molecule has 0 aromatic carbocycles. The first-order chi connectivity index (χ1) is 18.8. The van der Waals surface area contributed by atoms with Crippen LogP contribution >= 0.6 is 0 Å². The number of carbonyl (C=O) groups is 4. The highest BCUT2D eigenvalue weighted by Crippen LogP contribution is 2.28. The van der Waals surface area contributed by atoms with E-state index in [-0.39, 0.29) is 11.8 Å². The molecular weight excluding hydrogens is 498 g/mol. The van der Waals surface area contributed by atoms with Gasteiger partial charge in [0.05, 0.1) is 19.3 Å². The fourth-order valence-corrected chi connectivity index (χ4v) is 6.29. The van der Waals surface area contributed by atoms with Crippen molar-refractivity contribution in [2.75, 3.05) is 13.2 Å². The molecule has 222 valence electrons. The van der Waals surface area contributed by atoms with Gasteiger partial charge in [0.1, 0.15) is 6.04 Å². The van der Waals surface area contributed by atoms with Crippen LogP contribution < -0.4 is 16.1 Å². The van der Waals surface area contributed by atoms with E-state index in [0.29, 0.717) is 31.5 Å².